The molecule has 0 spiro atoms. The van der Waals surface area contributed by atoms with Gasteiger partial charge in [0, 0.05) is 31.2 Å². The van der Waals surface area contributed by atoms with E-state index in [4.69, 9.17) is 52.6 Å². The van der Waals surface area contributed by atoms with Crippen LogP contribution in [-0.4, -0.2) is 222 Å². The van der Waals surface area contributed by atoms with Crippen LogP contribution in [0, 0.1) is 0 Å². The molecule has 0 bridgehead atoms. The first-order valence-corrected chi connectivity index (χ1v) is 6.00. The van der Waals surface area contributed by atoms with Crippen LogP contribution in [0.2, 0.25) is 0 Å². The van der Waals surface area contributed by atoms with E-state index in [-0.39, 0.29) is 169 Å². The molecule has 0 aromatic heterocycles. The molecule has 21 heavy (non-hydrogen) atoms. The summed E-state index contributed by atoms with van der Waals surface area (Å²) in [7, 11) is -15.5. The van der Waals surface area contributed by atoms with E-state index in [1.165, 1.54) is 0 Å². The third-order valence-corrected chi connectivity index (χ3v) is 0. The second-order valence-electron chi connectivity index (χ2n) is 1.22. The van der Waals surface area contributed by atoms with Crippen molar-refractivity contribution in [2.45, 2.75) is 0 Å². The molecule has 21 heteroatoms. The van der Waals surface area contributed by atoms with Crippen molar-refractivity contribution in [2.24, 2.45) is 0 Å². The Morgan fingerprint density at radius 3 is 0.429 bits per heavy atom. The first-order valence-electron chi connectivity index (χ1n) is 2.00. The van der Waals surface area contributed by atoms with Gasteiger partial charge in [-0.2, -0.15) is 0 Å². The summed E-state index contributed by atoms with van der Waals surface area (Å²) in [6.45, 7) is 0. The standard InChI is InChI=1S/2Al.2Ca.2Na.3H2O4S.6H/c;;;;;;3*1-5(2,3)4;;;;;;/h;;;;;;3*(H2,1,2,3,4);;;;;;/q2*+3;;;;;;;;;;;;;/p-6. The molecule has 0 saturated heterocycles. The summed E-state index contributed by atoms with van der Waals surface area (Å²) >= 11 is 0. The van der Waals surface area contributed by atoms with Crippen molar-refractivity contribution in [3.05, 3.63) is 0 Å². The SMILES string of the molecule is O=S(=O)([O-])[O-].O=S(=O)([O-])[O-].O=S(=O)([O-])[O-].[Al+3].[Al+3].[CaH2].[CaH2].[NaH].[NaH]. The number of hydrogen-bond donors (Lipinski definition) is 0. The van der Waals surface area contributed by atoms with E-state index in [1.807, 2.05) is 0 Å². The first-order chi connectivity index (χ1) is 6.00. The topological polar surface area (TPSA) is 241 Å². The average molecular weight is 474 g/mol. The van der Waals surface area contributed by atoms with E-state index in [0.29, 0.717) is 0 Å². The summed E-state index contributed by atoms with van der Waals surface area (Å²) in [5, 5.41) is 0. The van der Waals surface area contributed by atoms with E-state index in [2.05, 4.69) is 0 Å². The molecule has 0 radical (unpaired) electrons. The number of hydrogen-bond acceptors (Lipinski definition) is 12. The molecule has 108 valence electrons. The Hall–Kier alpha value is 5.19. The van der Waals surface area contributed by atoms with Gasteiger partial charge in [0.1, 0.15) is 0 Å². The van der Waals surface area contributed by atoms with Crippen LogP contribution in [0.4, 0.5) is 0 Å². The third-order valence-electron chi connectivity index (χ3n) is 0. The Morgan fingerprint density at radius 2 is 0.429 bits per heavy atom. The summed E-state index contributed by atoms with van der Waals surface area (Å²) in [4.78, 5) is 0. The van der Waals surface area contributed by atoms with Crippen LogP contribution in [0.3, 0.4) is 0 Å². The Kier molecular flexibility index (Phi) is 73.4. The van der Waals surface area contributed by atoms with Crippen molar-refractivity contribution in [3.63, 3.8) is 0 Å². The fourth-order valence-corrected chi connectivity index (χ4v) is 0. The van der Waals surface area contributed by atoms with Crippen molar-refractivity contribution in [2.75, 3.05) is 0 Å². The number of rotatable bonds is 0. The van der Waals surface area contributed by atoms with Crippen molar-refractivity contribution < 1.29 is 52.6 Å². The molecule has 0 aromatic carbocycles. The van der Waals surface area contributed by atoms with Gasteiger partial charge in [-0.1, -0.05) is 0 Å². The summed E-state index contributed by atoms with van der Waals surface area (Å²) in [5.74, 6) is 0. The van der Waals surface area contributed by atoms with Crippen molar-refractivity contribution >= 4 is 201 Å². The maximum absolute atomic E-state index is 8.52. The van der Waals surface area contributed by atoms with Gasteiger partial charge in [-0.05, 0) is 0 Å². The average Bonchev–Trinajstić information content (AvgIpc) is 1.41. The fourth-order valence-electron chi connectivity index (χ4n) is 0. The Labute approximate surface area is 247 Å². The monoisotopic (exact) mass is 474 g/mol. The first kappa shape index (κ1) is 56.2. The zero-order valence-corrected chi connectivity index (χ0v) is 12.0. The third kappa shape index (κ3) is 502. The minimum absolute atomic E-state index is 0. The van der Waals surface area contributed by atoms with Gasteiger partial charge in [-0.15, -0.1) is 0 Å². The second-order valence-corrected chi connectivity index (χ2v) is 3.67. The quantitative estimate of drug-likeness (QED) is 0.181. The molecule has 0 fully saturated rings. The molecule has 12 nitrogen and oxygen atoms in total. The van der Waals surface area contributed by atoms with Crippen LogP contribution >= 0.6 is 0 Å². The summed E-state index contributed by atoms with van der Waals surface area (Å²) in [6.07, 6.45) is 0. The zero-order chi connectivity index (χ0) is 13.5. The van der Waals surface area contributed by atoms with Crippen LogP contribution in [-0.2, 0) is 31.2 Å². The molecule has 0 heterocycles. The second kappa shape index (κ2) is 27.4. The van der Waals surface area contributed by atoms with Crippen molar-refractivity contribution in [3.8, 4) is 0 Å². The van der Waals surface area contributed by atoms with Gasteiger partial charge in [-0.25, -0.2) is 0 Å². The molecule has 0 rings (SSSR count). The Bertz CT molecular complexity index is 359. The van der Waals surface area contributed by atoms with E-state index < -0.39 is 31.2 Å². The normalized spacial score (nSPS) is 8.29. The van der Waals surface area contributed by atoms with E-state index in [9.17, 15) is 0 Å². The maximum atomic E-state index is 8.52. The van der Waals surface area contributed by atoms with Gasteiger partial charge < -0.3 is 27.3 Å². The Balaban J connectivity index is -0.0000000129. The van der Waals surface area contributed by atoms with Crippen LogP contribution in [0.1, 0.15) is 0 Å². The summed E-state index contributed by atoms with van der Waals surface area (Å²) in [6, 6.07) is 0. The molecule has 0 aliphatic carbocycles. The zero-order valence-electron chi connectivity index (χ0n) is 7.28. The van der Waals surface area contributed by atoms with Gasteiger partial charge in [0.15, 0.2) is 0 Å². The van der Waals surface area contributed by atoms with E-state index in [0.717, 1.165) is 0 Å². The molecule has 0 atom stereocenters. The van der Waals surface area contributed by atoms with Gasteiger partial charge in [0.2, 0.25) is 0 Å². The molecule has 0 N–H and O–H groups in total. The van der Waals surface area contributed by atoms with Crippen LogP contribution in [0.15, 0.2) is 0 Å². The van der Waals surface area contributed by atoms with Crippen molar-refractivity contribution in [1.29, 1.82) is 0 Å². The van der Waals surface area contributed by atoms with Gasteiger partial charge in [0.05, 0.1) is 0 Å². The fraction of sp³-hybridized carbons (Fsp3) is 0. The molecule has 0 amide bonds. The molecule has 0 aromatic rings. The van der Waals surface area contributed by atoms with Crippen LogP contribution < -0.4 is 0 Å². The predicted molar refractivity (Wildman–Crippen MR) is 74.3 cm³/mol. The van der Waals surface area contributed by atoms with Gasteiger partial charge >= 0.3 is 169 Å². The molecule has 0 unspecified atom stereocenters. The molecule has 0 saturated carbocycles. The Morgan fingerprint density at radius 1 is 0.429 bits per heavy atom. The van der Waals surface area contributed by atoms with E-state index >= 15 is 0 Å². The van der Waals surface area contributed by atoms with Crippen LogP contribution in [0.25, 0.3) is 0 Å². The van der Waals surface area contributed by atoms with Crippen molar-refractivity contribution in [1.82, 2.24) is 0 Å². The minimum atomic E-state index is -5.17. The van der Waals surface area contributed by atoms with Gasteiger partial charge in [0.25, 0.3) is 0 Å². The van der Waals surface area contributed by atoms with Gasteiger partial charge in [-0.3, -0.25) is 25.3 Å². The predicted octanol–water partition coefficient (Wildman–Crippen LogP) is -7.90. The molecular formula is H6Al2Ca2Na2O12S3. The molecule has 0 aliphatic rings. The van der Waals surface area contributed by atoms with Crippen LogP contribution in [0.5, 0.6) is 0 Å². The molecule has 0 aliphatic heterocycles. The summed E-state index contributed by atoms with van der Waals surface area (Å²) < 4.78 is 102. The summed E-state index contributed by atoms with van der Waals surface area (Å²) in [5.41, 5.74) is 0. The van der Waals surface area contributed by atoms with E-state index in [1.54, 1.807) is 0 Å². The molecular weight excluding hydrogens is 468 g/mol.